The van der Waals surface area contributed by atoms with Crippen LogP contribution in [0.4, 0.5) is 4.79 Å². The lowest BCUT2D eigenvalue weighted by molar-refractivity contribution is -0.171. The summed E-state index contributed by atoms with van der Waals surface area (Å²) in [7, 11) is 0. The number of unbranched alkanes of at least 4 members (excludes halogenated alkanes) is 1. The first-order chi connectivity index (χ1) is 12.6. The molecule has 4 N–H and O–H groups in total. The van der Waals surface area contributed by atoms with Crippen LogP contribution in [-0.4, -0.2) is 64.0 Å². The second-order valence-corrected chi connectivity index (χ2v) is 8.29. The Bertz CT molecular complexity index is 535. The first-order valence-corrected chi connectivity index (χ1v) is 9.04. The predicted molar refractivity (Wildman–Crippen MR) is 99.9 cm³/mol. The topological polar surface area (TPSA) is 151 Å². The van der Waals surface area contributed by atoms with Crippen LogP contribution in [0.5, 0.6) is 0 Å². The third-order valence-electron chi connectivity index (χ3n) is 3.15. The molecule has 0 aliphatic heterocycles. The summed E-state index contributed by atoms with van der Waals surface area (Å²) in [6.07, 6.45) is -0.317. The molecule has 10 nitrogen and oxygen atoms in total. The maximum Gasteiger partial charge on any atom is 0.404 e. The summed E-state index contributed by atoms with van der Waals surface area (Å²) in [6.45, 7) is 9.93. The van der Waals surface area contributed by atoms with Crippen molar-refractivity contribution < 1.29 is 38.9 Å². The summed E-state index contributed by atoms with van der Waals surface area (Å²) < 4.78 is 10.4. The third kappa shape index (κ3) is 12.1. The minimum atomic E-state index is -1.60. The molecule has 1 amide bonds. The zero-order valence-electron chi connectivity index (χ0n) is 17.3. The largest absolute Gasteiger partial charge is 0.480 e. The van der Waals surface area contributed by atoms with Gasteiger partial charge < -0.3 is 25.0 Å². The van der Waals surface area contributed by atoms with Crippen molar-refractivity contribution in [2.24, 2.45) is 0 Å². The van der Waals surface area contributed by atoms with Crippen LogP contribution in [0.2, 0.25) is 0 Å². The molecule has 0 aromatic heterocycles. The number of carboxylic acids is 1. The van der Waals surface area contributed by atoms with Crippen LogP contribution < -0.4 is 10.6 Å². The number of hydrogen-bond acceptors (Lipinski definition) is 7. The maximum absolute atomic E-state index is 12.4. The Balaban J connectivity index is 5.16. The Hall–Kier alpha value is -2.36. The van der Waals surface area contributed by atoms with E-state index in [-0.39, 0.29) is 13.0 Å². The van der Waals surface area contributed by atoms with Gasteiger partial charge in [0.1, 0.15) is 17.2 Å². The van der Waals surface area contributed by atoms with E-state index < -0.39 is 47.3 Å². The molecule has 0 aliphatic carbocycles. The summed E-state index contributed by atoms with van der Waals surface area (Å²) in [5.74, 6) is -3.11. The molecule has 10 heteroatoms. The number of rotatable bonds is 10. The lowest BCUT2D eigenvalue weighted by Crippen LogP contribution is -2.54. The van der Waals surface area contributed by atoms with E-state index in [1.165, 1.54) is 0 Å². The highest BCUT2D eigenvalue weighted by Crippen LogP contribution is 2.14. The summed E-state index contributed by atoms with van der Waals surface area (Å²) in [6, 6.07) is -2.81. The molecule has 0 fully saturated rings. The van der Waals surface area contributed by atoms with Gasteiger partial charge in [0.15, 0.2) is 0 Å². The fraction of sp³-hybridized carbons (Fsp3) is 0.778. The number of esters is 2. The molecule has 0 spiro atoms. The lowest BCUT2D eigenvalue weighted by atomic mass is 10.1. The van der Waals surface area contributed by atoms with Crippen molar-refractivity contribution in [3.63, 3.8) is 0 Å². The second-order valence-electron chi connectivity index (χ2n) is 8.29. The van der Waals surface area contributed by atoms with Crippen molar-refractivity contribution in [3.8, 4) is 0 Å². The van der Waals surface area contributed by atoms with E-state index in [1.54, 1.807) is 41.5 Å². The number of carbonyl (C=O) groups is 4. The van der Waals surface area contributed by atoms with Gasteiger partial charge in [0.25, 0.3) is 0 Å². The Morgan fingerprint density at radius 2 is 1.32 bits per heavy atom. The van der Waals surface area contributed by atoms with Crippen molar-refractivity contribution in [2.45, 2.75) is 84.1 Å². The number of carbonyl (C=O) groups excluding carboxylic acids is 2. The SMILES string of the molecule is CC(C)(C)OC(=O)C(NC(CCCCNC(=O)O)C(=O)O)C(=O)OC(C)(C)C. The molecule has 0 aromatic rings. The van der Waals surface area contributed by atoms with Gasteiger partial charge in [-0.2, -0.15) is 0 Å². The lowest BCUT2D eigenvalue weighted by Gasteiger charge is -2.28. The van der Waals surface area contributed by atoms with Crippen molar-refractivity contribution in [3.05, 3.63) is 0 Å². The number of hydrogen-bond donors (Lipinski definition) is 4. The Morgan fingerprint density at radius 1 is 0.857 bits per heavy atom. The number of amides is 1. The van der Waals surface area contributed by atoms with Crippen LogP contribution in [0.15, 0.2) is 0 Å². The summed E-state index contributed by atoms with van der Waals surface area (Å²) in [4.78, 5) is 46.8. The van der Waals surface area contributed by atoms with Crippen LogP contribution >= 0.6 is 0 Å². The van der Waals surface area contributed by atoms with Crippen LogP contribution in [0.3, 0.4) is 0 Å². The molecular formula is C18H32N2O8. The average molecular weight is 404 g/mol. The molecule has 0 saturated heterocycles. The van der Waals surface area contributed by atoms with Crippen LogP contribution in [0.1, 0.15) is 60.8 Å². The molecule has 0 aliphatic rings. The molecule has 28 heavy (non-hydrogen) atoms. The van der Waals surface area contributed by atoms with Gasteiger partial charge in [-0.05, 0) is 60.8 Å². The van der Waals surface area contributed by atoms with Crippen LogP contribution in [0.25, 0.3) is 0 Å². The first kappa shape index (κ1) is 25.6. The summed E-state index contributed by atoms with van der Waals surface area (Å²) >= 11 is 0. The summed E-state index contributed by atoms with van der Waals surface area (Å²) in [5.41, 5.74) is -1.75. The van der Waals surface area contributed by atoms with Gasteiger partial charge >= 0.3 is 24.0 Å². The second kappa shape index (κ2) is 10.8. The Labute approximate surface area is 165 Å². The van der Waals surface area contributed by atoms with E-state index in [1.807, 2.05) is 0 Å². The van der Waals surface area contributed by atoms with E-state index in [2.05, 4.69) is 10.6 Å². The monoisotopic (exact) mass is 404 g/mol. The fourth-order valence-corrected chi connectivity index (χ4v) is 2.10. The van der Waals surface area contributed by atoms with E-state index >= 15 is 0 Å². The highest BCUT2D eigenvalue weighted by molar-refractivity contribution is 6.00. The van der Waals surface area contributed by atoms with E-state index in [0.717, 1.165) is 0 Å². The third-order valence-corrected chi connectivity index (χ3v) is 3.15. The van der Waals surface area contributed by atoms with E-state index in [4.69, 9.17) is 14.6 Å². The Morgan fingerprint density at radius 3 is 1.68 bits per heavy atom. The zero-order valence-corrected chi connectivity index (χ0v) is 17.3. The van der Waals surface area contributed by atoms with Crippen molar-refractivity contribution in [2.75, 3.05) is 6.54 Å². The normalized spacial score (nSPS) is 13.0. The molecule has 0 saturated carbocycles. The molecule has 0 bridgehead atoms. The smallest absolute Gasteiger partial charge is 0.404 e. The van der Waals surface area contributed by atoms with Gasteiger partial charge in [-0.3, -0.25) is 10.1 Å². The highest BCUT2D eigenvalue weighted by atomic mass is 16.6. The number of ether oxygens (including phenoxy) is 2. The average Bonchev–Trinajstić information content (AvgIpc) is 2.45. The standard InChI is InChI=1S/C18H32N2O8/c1-17(2,3)27-14(23)12(15(24)28-18(4,5)6)20-11(13(21)22)9-7-8-10-19-16(25)26/h11-12,19-20H,7-10H2,1-6H3,(H,21,22)(H,25,26). The molecule has 1 unspecified atom stereocenters. The van der Waals surface area contributed by atoms with Gasteiger partial charge in [0, 0.05) is 6.54 Å². The van der Waals surface area contributed by atoms with Crippen molar-refractivity contribution >= 4 is 24.0 Å². The van der Waals surface area contributed by atoms with Gasteiger partial charge in [-0.1, -0.05) is 0 Å². The van der Waals surface area contributed by atoms with Crippen molar-refractivity contribution in [1.82, 2.24) is 10.6 Å². The van der Waals surface area contributed by atoms with E-state index in [9.17, 15) is 24.3 Å². The molecule has 0 heterocycles. The minimum Gasteiger partial charge on any atom is -0.480 e. The van der Waals surface area contributed by atoms with Gasteiger partial charge in [0.2, 0.25) is 6.04 Å². The predicted octanol–water partition coefficient (Wildman–Crippen LogP) is 1.52. The quantitative estimate of drug-likeness (QED) is 0.241. The summed E-state index contributed by atoms with van der Waals surface area (Å²) in [5, 5.41) is 22.6. The zero-order chi connectivity index (χ0) is 22.1. The van der Waals surface area contributed by atoms with Gasteiger partial charge in [-0.15, -0.1) is 0 Å². The Kier molecular flexibility index (Phi) is 9.93. The molecular weight excluding hydrogens is 372 g/mol. The van der Waals surface area contributed by atoms with Gasteiger partial charge in [-0.25, -0.2) is 14.4 Å². The number of carboxylic acid groups (broad SMARTS) is 2. The maximum atomic E-state index is 12.4. The number of aliphatic carboxylic acids is 1. The fourth-order valence-electron chi connectivity index (χ4n) is 2.10. The number of nitrogens with one attached hydrogen (secondary N) is 2. The van der Waals surface area contributed by atoms with Crippen molar-refractivity contribution in [1.29, 1.82) is 0 Å². The molecule has 0 aromatic carbocycles. The van der Waals surface area contributed by atoms with E-state index in [0.29, 0.717) is 12.8 Å². The minimum absolute atomic E-state index is 0.0821. The highest BCUT2D eigenvalue weighted by Gasteiger charge is 2.37. The van der Waals surface area contributed by atoms with Gasteiger partial charge in [0.05, 0.1) is 0 Å². The molecule has 0 rings (SSSR count). The molecule has 162 valence electrons. The van der Waals surface area contributed by atoms with Crippen LogP contribution in [0, 0.1) is 0 Å². The van der Waals surface area contributed by atoms with Crippen LogP contribution in [-0.2, 0) is 23.9 Å². The first-order valence-electron chi connectivity index (χ1n) is 9.04. The molecule has 0 radical (unpaired) electrons. The molecule has 1 atom stereocenters.